The fraction of sp³-hybridized carbons (Fsp3) is 0.500. The van der Waals surface area contributed by atoms with E-state index < -0.39 is 10.0 Å². The minimum Gasteiger partial charge on any atom is -0.397 e. The monoisotopic (exact) mass is 326 g/mol. The van der Waals surface area contributed by atoms with E-state index in [9.17, 15) is 13.2 Å². The SMILES string of the molecule is CN(C)CC(=O)Nc1cc(S(=O)(=O)N2CCCC2)ccc1N. The summed E-state index contributed by atoms with van der Waals surface area (Å²) in [5, 5.41) is 2.66. The molecule has 1 fully saturated rings. The molecule has 1 aromatic rings. The Morgan fingerprint density at radius 1 is 1.32 bits per heavy atom. The summed E-state index contributed by atoms with van der Waals surface area (Å²) in [6.07, 6.45) is 1.75. The summed E-state index contributed by atoms with van der Waals surface area (Å²) < 4.78 is 26.5. The largest absolute Gasteiger partial charge is 0.397 e. The van der Waals surface area contributed by atoms with Crippen molar-refractivity contribution in [2.24, 2.45) is 0 Å². The van der Waals surface area contributed by atoms with Gasteiger partial charge in [0.2, 0.25) is 15.9 Å². The van der Waals surface area contributed by atoms with E-state index in [4.69, 9.17) is 5.73 Å². The lowest BCUT2D eigenvalue weighted by Crippen LogP contribution is -2.29. The molecule has 3 N–H and O–H groups in total. The van der Waals surface area contributed by atoms with E-state index in [-0.39, 0.29) is 17.3 Å². The Morgan fingerprint density at radius 3 is 2.55 bits per heavy atom. The maximum absolute atomic E-state index is 12.5. The fourth-order valence-electron chi connectivity index (χ4n) is 2.36. The first-order valence-electron chi connectivity index (χ1n) is 7.15. The molecule has 1 aromatic carbocycles. The molecular formula is C14H22N4O3S. The second-order valence-corrected chi connectivity index (χ2v) is 7.58. The maximum Gasteiger partial charge on any atom is 0.243 e. The number of rotatable bonds is 5. The minimum atomic E-state index is -3.52. The number of hydrogen-bond donors (Lipinski definition) is 2. The van der Waals surface area contributed by atoms with Crippen molar-refractivity contribution in [2.75, 3.05) is 44.8 Å². The molecule has 0 bridgehead atoms. The van der Waals surface area contributed by atoms with Gasteiger partial charge >= 0.3 is 0 Å². The van der Waals surface area contributed by atoms with Gasteiger partial charge in [0, 0.05) is 13.1 Å². The maximum atomic E-state index is 12.5. The lowest BCUT2D eigenvalue weighted by molar-refractivity contribution is -0.116. The zero-order chi connectivity index (χ0) is 16.3. The standard InChI is InChI=1S/C14H22N4O3S/c1-17(2)10-14(19)16-13-9-11(5-6-12(13)15)22(20,21)18-7-3-4-8-18/h5-6,9H,3-4,7-8,10,15H2,1-2H3,(H,16,19). The molecule has 0 radical (unpaired) electrons. The van der Waals surface area contributed by atoms with Crippen LogP contribution >= 0.6 is 0 Å². The summed E-state index contributed by atoms with van der Waals surface area (Å²) in [4.78, 5) is 13.7. The van der Waals surface area contributed by atoms with E-state index >= 15 is 0 Å². The first-order chi connectivity index (χ1) is 10.3. The highest BCUT2D eigenvalue weighted by Crippen LogP contribution is 2.26. The van der Waals surface area contributed by atoms with Crippen LogP contribution in [0.1, 0.15) is 12.8 Å². The molecule has 0 saturated carbocycles. The van der Waals surface area contributed by atoms with Crippen LogP contribution in [0.4, 0.5) is 11.4 Å². The van der Waals surface area contributed by atoms with Crippen molar-refractivity contribution in [3.05, 3.63) is 18.2 Å². The fourth-order valence-corrected chi connectivity index (χ4v) is 3.90. The van der Waals surface area contributed by atoms with Gasteiger partial charge in [-0.25, -0.2) is 8.42 Å². The highest BCUT2D eigenvalue weighted by Gasteiger charge is 2.27. The van der Waals surface area contributed by atoms with Gasteiger partial charge in [-0.1, -0.05) is 0 Å². The molecule has 1 heterocycles. The minimum absolute atomic E-state index is 0.156. The lowest BCUT2D eigenvalue weighted by atomic mass is 10.2. The number of nitrogen functional groups attached to an aromatic ring is 1. The Balaban J connectivity index is 2.24. The summed E-state index contributed by atoms with van der Waals surface area (Å²) >= 11 is 0. The van der Waals surface area contributed by atoms with Crippen LogP contribution in [0.3, 0.4) is 0 Å². The number of benzene rings is 1. The van der Waals surface area contributed by atoms with Gasteiger partial charge in [-0.05, 0) is 45.1 Å². The summed E-state index contributed by atoms with van der Waals surface area (Å²) in [7, 11) is 0.0292. The van der Waals surface area contributed by atoms with E-state index in [1.165, 1.54) is 22.5 Å². The van der Waals surface area contributed by atoms with Crippen molar-refractivity contribution < 1.29 is 13.2 Å². The molecule has 0 aliphatic carbocycles. The molecule has 7 nitrogen and oxygen atoms in total. The molecule has 122 valence electrons. The number of nitrogens with one attached hydrogen (secondary N) is 1. The zero-order valence-corrected chi connectivity index (χ0v) is 13.7. The van der Waals surface area contributed by atoms with Crippen LogP contribution in [0.2, 0.25) is 0 Å². The second-order valence-electron chi connectivity index (χ2n) is 5.65. The number of hydrogen-bond acceptors (Lipinski definition) is 5. The zero-order valence-electron chi connectivity index (χ0n) is 12.9. The number of sulfonamides is 1. The quantitative estimate of drug-likeness (QED) is 0.771. The lowest BCUT2D eigenvalue weighted by Gasteiger charge is -2.17. The third kappa shape index (κ3) is 3.76. The predicted molar refractivity (Wildman–Crippen MR) is 86.0 cm³/mol. The average Bonchev–Trinajstić information content (AvgIpc) is 2.94. The molecule has 0 atom stereocenters. The third-order valence-corrected chi connectivity index (χ3v) is 5.36. The average molecular weight is 326 g/mol. The van der Waals surface area contributed by atoms with Crippen LogP contribution in [-0.4, -0.2) is 57.3 Å². The highest BCUT2D eigenvalue weighted by atomic mass is 32.2. The topological polar surface area (TPSA) is 95.7 Å². The van der Waals surface area contributed by atoms with E-state index in [2.05, 4.69) is 5.32 Å². The molecule has 1 amide bonds. The Hall–Kier alpha value is -1.64. The van der Waals surface area contributed by atoms with Crippen molar-refractivity contribution in [3.63, 3.8) is 0 Å². The first-order valence-corrected chi connectivity index (χ1v) is 8.59. The van der Waals surface area contributed by atoms with Crippen LogP contribution in [0, 0.1) is 0 Å². The molecule has 0 unspecified atom stereocenters. The third-order valence-electron chi connectivity index (χ3n) is 3.46. The van der Waals surface area contributed by atoms with Crippen molar-refractivity contribution in [1.29, 1.82) is 0 Å². The van der Waals surface area contributed by atoms with Crippen molar-refractivity contribution in [1.82, 2.24) is 9.21 Å². The van der Waals surface area contributed by atoms with Crippen LogP contribution in [-0.2, 0) is 14.8 Å². The van der Waals surface area contributed by atoms with Gasteiger partial charge in [-0.2, -0.15) is 4.31 Å². The number of carbonyl (C=O) groups excluding carboxylic acids is 1. The Kier molecular flexibility index (Phi) is 5.05. The van der Waals surface area contributed by atoms with Gasteiger partial charge in [-0.15, -0.1) is 0 Å². The van der Waals surface area contributed by atoms with Crippen molar-refractivity contribution in [3.8, 4) is 0 Å². The summed E-state index contributed by atoms with van der Waals surface area (Å²) in [6.45, 7) is 1.27. The molecule has 1 aliphatic heterocycles. The van der Waals surface area contributed by atoms with Gasteiger partial charge in [-0.3, -0.25) is 4.79 Å². The van der Waals surface area contributed by atoms with Crippen molar-refractivity contribution in [2.45, 2.75) is 17.7 Å². The number of anilines is 2. The molecule has 2 rings (SSSR count). The first kappa shape index (κ1) is 16.7. The second kappa shape index (κ2) is 6.64. The smallest absolute Gasteiger partial charge is 0.243 e. The molecule has 1 saturated heterocycles. The Morgan fingerprint density at radius 2 is 1.95 bits per heavy atom. The van der Waals surface area contributed by atoms with Gasteiger partial charge in [0.1, 0.15) is 0 Å². The van der Waals surface area contributed by atoms with E-state index in [1.54, 1.807) is 19.0 Å². The van der Waals surface area contributed by atoms with Crippen LogP contribution in [0.25, 0.3) is 0 Å². The van der Waals surface area contributed by atoms with E-state index in [0.717, 1.165) is 12.8 Å². The summed E-state index contributed by atoms with van der Waals surface area (Å²) in [5.41, 5.74) is 6.49. The number of likely N-dealkylation sites (N-methyl/N-ethyl adjacent to an activating group) is 1. The van der Waals surface area contributed by atoms with Crippen LogP contribution in [0.5, 0.6) is 0 Å². The van der Waals surface area contributed by atoms with Crippen molar-refractivity contribution >= 4 is 27.3 Å². The molecule has 0 aromatic heterocycles. The molecule has 1 aliphatic rings. The molecule has 22 heavy (non-hydrogen) atoms. The molecular weight excluding hydrogens is 304 g/mol. The van der Waals surface area contributed by atoms with Gasteiger partial charge in [0.15, 0.2) is 0 Å². The van der Waals surface area contributed by atoms with E-state index in [0.29, 0.717) is 24.5 Å². The summed E-state index contributed by atoms with van der Waals surface area (Å²) in [6, 6.07) is 4.41. The van der Waals surface area contributed by atoms with Gasteiger partial charge in [0.25, 0.3) is 0 Å². The van der Waals surface area contributed by atoms with Crippen LogP contribution < -0.4 is 11.1 Å². The Bertz CT molecular complexity index is 652. The Labute approximate surface area is 131 Å². The summed E-state index contributed by atoms with van der Waals surface area (Å²) in [5.74, 6) is -0.243. The van der Waals surface area contributed by atoms with Gasteiger partial charge < -0.3 is 16.0 Å². The van der Waals surface area contributed by atoms with Crippen LogP contribution in [0.15, 0.2) is 23.1 Å². The van der Waals surface area contributed by atoms with Gasteiger partial charge in [0.05, 0.1) is 22.8 Å². The molecule has 0 spiro atoms. The molecule has 8 heteroatoms. The number of amides is 1. The van der Waals surface area contributed by atoms with E-state index in [1.807, 2.05) is 0 Å². The number of nitrogens with zero attached hydrogens (tertiary/aromatic N) is 2. The highest BCUT2D eigenvalue weighted by molar-refractivity contribution is 7.89. The normalized spacial score (nSPS) is 16.1. The number of nitrogens with two attached hydrogens (primary N) is 1. The predicted octanol–water partition coefficient (Wildman–Crippen LogP) is 0.553. The number of carbonyl (C=O) groups is 1.